The van der Waals surface area contributed by atoms with E-state index in [1.807, 2.05) is 51.1 Å². The Morgan fingerprint density at radius 2 is 1.50 bits per heavy atom. The lowest BCUT2D eigenvalue weighted by molar-refractivity contribution is -0.141. The molecule has 1 atom stereocenters. The van der Waals surface area contributed by atoms with Crippen molar-refractivity contribution < 1.29 is 22.7 Å². The number of ether oxygens (including phenoxy) is 1. The quantitative estimate of drug-likeness (QED) is 0.315. The first-order chi connectivity index (χ1) is 18.8. The number of anilines is 1. The maximum absolute atomic E-state index is 13.8. The van der Waals surface area contributed by atoms with Crippen molar-refractivity contribution in [3.05, 3.63) is 89.4 Å². The van der Waals surface area contributed by atoms with E-state index < -0.39 is 34.1 Å². The fourth-order valence-corrected chi connectivity index (χ4v) is 5.15. The number of carbonyl (C=O) groups is 2. The van der Waals surface area contributed by atoms with E-state index in [-0.39, 0.29) is 12.5 Å². The summed E-state index contributed by atoms with van der Waals surface area (Å²) in [4.78, 5) is 28.5. The van der Waals surface area contributed by atoms with Crippen molar-refractivity contribution in [1.29, 1.82) is 0 Å². The third kappa shape index (κ3) is 8.72. The summed E-state index contributed by atoms with van der Waals surface area (Å²) in [6, 6.07) is 21.8. The molecule has 0 fully saturated rings. The molecule has 1 unspecified atom stereocenters. The summed E-state index contributed by atoms with van der Waals surface area (Å²) in [7, 11) is -3.86. The maximum Gasteiger partial charge on any atom is 0.244 e. The van der Waals surface area contributed by atoms with Gasteiger partial charge in [-0.3, -0.25) is 13.9 Å². The second-order valence-electron chi connectivity index (χ2n) is 10.5. The highest BCUT2D eigenvalue weighted by Crippen LogP contribution is 2.26. The molecule has 3 rings (SSSR count). The van der Waals surface area contributed by atoms with Crippen LogP contribution >= 0.6 is 11.6 Å². The van der Waals surface area contributed by atoms with Crippen molar-refractivity contribution in [3.8, 4) is 11.5 Å². The molecular formula is C30H36ClN3O5S. The van der Waals surface area contributed by atoms with Crippen LogP contribution in [0, 0.1) is 0 Å². The van der Waals surface area contributed by atoms with Gasteiger partial charge in [0.2, 0.25) is 21.8 Å². The van der Waals surface area contributed by atoms with Crippen molar-refractivity contribution in [2.45, 2.75) is 52.2 Å². The molecule has 8 nitrogen and oxygen atoms in total. The molecule has 0 aliphatic rings. The normalized spacial score (nSPS) is 12.3. The maximum atomic E-state index is 13.8. The number of sulfonamides is 1. The molecule has 0 bridgehead atoms. The van der Waals surface area contributed by atoms with Gasteiger partial charge in [-0.1, -0.05) is 54.9 Å². The van der Waals surface area contributed by atoms with Crippen LogP contribution in [0.15, 0.2) is 78.9 Å². The van der Waals surface area contributed by atoms with Crippen LogP contribution in [-0.4, -0.2) is 49.5 Å². The number of hydrogen-bond donors (Lipinski definition) is 1. The van der Waals surface area contributed by atoms with Crippen molar-refractivity contribution in [3.63, 3.8) is 0 Å². The molecule has 0 aromatic heterocycles. The second kappa shape index (κ2) is 13.2. The Balaban J connectivity index is 1.92. The molecule has 0 saturated heterocycles. The molecule has 40 heavy (non-hydrogen) atoms. The van der Waals surface area contributed by atoms with Crippen LogP contribution in [0.25, 0.3) is 0 Å². The standard InChI is InChI=1S/C30H36ClN3O5S/c1-6-27(29(36)32-30(2,3)4)33(20-22-12-10-11-15-26(22)31)28(35)21-34(40(5,37)38)23-16-18-25(19-17-23)39-24-13-8-7-9-14-24/h7-19,27H,6,20-21H2,1-5H3,(H,32,36). The zero-order chi connectivity index (χ0) is 29.5. The third-order valence-electron chi connectivity index (χ3n) is 5.97. The van der Waals surface area contributed by atoms with Gasteiger partial charge in [-0.25, -0.2) is 8.42 Å². The van der Waals surface area contributed by atoms with Gasteiger partial charge in [0.05, 0.1) is 11.9 Å². The van der Waals surface area contributed by atoms with Gasteiger partial charge in [-0.2, -0.15) is 0 Å². The Morgan fingerprint density at radius 3 is 2.05 bits per heavy atom. The van der Waals surface area contributed by atoms with Gasteiger partial charge < -0.3 is 15.0 Å². The SMILES string of the molecule is CCC(C(=O)NC(C)(C)C)N(Cc1ccccc1Cl)C(=O)CN(c1ccc(Oc2ccccc2)cc1)S(C)(=O)=O. The number of nitrogens with one attached hydrogen (secondary N) is 1. The van der Waals surface area contributed by atoms with Crippen molar-refractivity contribution >= 4 is 39.1 Å². The van der Waals surface area contributed by atoms with Gasteiger partial charge >= 0.3 is 0 Å². The number of para-hydroxylation sites is 1. The first-order valence-electron chi connectivity index (χ1n) is 12.9. The van der Waals surface area contributed by atoms with Gasteiger partial charge in [0, 0.05) is 17.1 Å². The zero-order valence-electron chi connectivity index (χ0n) is 23.4. The van der Waals surface area contributed by atoms with Crippen molar-refractivity contribution in [2.75, 3.05) is 17.1 Å². The van der Waals surface area contributed by atoms with Crippen LogP contribution < -0.4 is 14.4 Å². The molecule has 3 aromatic rings. The van der Waals surface area contributed by atoms with Crippen LogP contribution in [0.4, 0.5) is 5.69 Å². The minimum Gasteiger partial charge on any atom is -0.457 e. The number of hydrogen-bond acceptors (Lipinski definition) is 5. The lowest BCUT2D eigenvalue weighted by atomic mass is 10.1. The highest BCUT2D eigenvalue weighted by atomic mass is 35.5. The molecule has 0 heterocycles. The van der Waals surface area contributed by atoms with Crippen LogP contribution in [0.1, 0.15) is 39.7 Å². The van der Waals surface area contributed by atoms with Gasteiger partial charge in [0.25, 0.3) is 0 Å². The molecule has 10 heteroatoms. The van der Waals surface area contributed by atoms with E-state index in [2.05, 4.69) is 5.32 Å². The summed E-state index contributed by atoms with van der Waals surface area (Å²) < 4.78 is 32.6. The Morgan fingerprint density at radius 1 is 0.925 bits per heavy atom. The summed E-state index contributed by atoms with van der Waals surface area (Å²) in [5.41, 5.74) is 0.417. The van der Waals surface area contributed by atoms with E-state index in [0.29, 0.717) is 34.2 Å². The molecular weight excluding hydrogens is 550 g/mol. The highest BCUT2D eigenvalue weighted by Gasteiger charge is 2.33. The van der Waals surface area contributed by atoms with E-state index in [9.17, 15) is 18.0 Å². The zero-order valence-corrected chi connectivity index (χ0v) is 25.0. The van der Waals surface area contributed by atoms with Gasteiger partial charge in [0.15, 0.2) is 0 Å². The summed E-state index contributed by atoms with van der Waals surface area (Å²) in [6.45, 7) is 6.91. The van der Waals surface area contributed by atoms with Crippen LogP contribution in [0.3, 0.4) is 0 Å². The van der Waals surface area contributed by atoms with Gasteiger partial charge in [-0.05, 0) is 75.2 Å². The average Bonchev–Trinajstić information content (AvgIpc) is 2.87. The smallest absolute Gasteiger partial charge is 0.244 e. The average molecular weight is 586 g/mol. The van der Waals surface area contributed by atoms with E-state index in [0.717, 1.165) is 10.6 Å². The lowest BCUT2D eigenvalue weighted by Crippen LogP contribution is -2.55. The molecule has 3 aromatic carbocycles. The first-order valence-corrected chi connectivity index (χ1v) is 15.2. The monoisotopic (exact) mass is 585 g/mol. The minimum absolute atomic E-state index is 0.0377. The second-order valence-corrected chi connectivity index (χ2v) is 12.8. The molecule has 214 valence electrons. The van der Waals surface area contributed by atoms with E-state index in [1.165, 1.54) is 4.90 Å². The fourth-order valence-electron chi connectivity index (χ4n) is 4.10. The summed E-state index contributed by atoms with van der Waals surface area (Å²) in [6.07, 6.45) is 1.36. The van der Waals surface area contributed by atoms with Gasteiger partial charge in [0.1, 0.15) is 24.1 Å². The van der Waals surface area contributed by atoms with E-state index in [4.69, 9.17) is 16.3 Å². The lowest BCUT2D eigenvalue weighted by Gasteiger charge is -2.34. The Hall–Kier alpha value is -3.56. The predicted octanol–water partition coefficient (Wildman–Crippen LogP) is 5.62. The Kier molecular flexibility index (Phi) is 10.2. The molecule has 2 amide bonds. The van der Waals surface area contributed by atoms with Crippen LogP contribution in [-0.2, 0) is 26.2 Å². The minimum atomic E-state index is -3.86. The topological polar surface area (TPSA) is 96.0 Å². The molecule has 1 N–H and O–H groups in total. The van der Waals surface area contributed by atoms with Crippen LogP contribution in [0.2, 0.25) is 5.02 Å². The largest absolute Gasteiger partial charge is 0.457 e. The fraction of sp³-hybridized carbons (Fsp3) is 0.333. The van der Waals surface area contributed by atoms with Crippen molar-refractivity contribution in [1.82, 2.24) is 10.2 Å². The van der Waals surface area contributed by atoms with Crippen molar-refractivity contribution in [2.24, 2.45) is 0 Å². The summed E-state index contributed by atoms with van der Waals surface area (Å²) in [5.74, 6) is 0.286. The van der Waals surface area contributed by atoms with E-state index in [1.54, 1.807) is 55.5 Å². The predicted molar refractivity (Wildman–Crippen MR) is 159 cm³/mol. The highest BCUT2D eigenvalue weighted by molar-refractivity contribution is 7.92. The Labute approximate surface area is 241 Å². The molecule has 0 radical (unpaired) electrons. The molecule has 0 aliphatic carbocycles. The molecule has 0 aliphatic heterocycles. The van der Waals surface area contributed by atoms with Gasteiger partial charge in [-0.15, -0.1) is 0 Å². The van der Waals surface area contributed by atoms with E-state index >= 15 is 0 Å². The molecule has 0 spiro atoms. The number of carbonyl (C=O) groups excluding carboxylic acids is 2. The number of benzene rings is 3. The first kappa shape index (κ1) is 31.0. The number of halogens is 1. The third-order valence-corrected chi connectivity index (χ3v) is 7.47. The van der Waals surface area contributed by atoms with Crippen LogP contribution in [0.5, 0.6) is 11.5 Å². The summed E-state index contributed by atoms with van der Waals surface area (Å²) in [5, 5.41) is 3.38. The Bertz CT molecular complexity index is 1410. The number of rotatable bonds is 11. The summed E-state index contributed by atoms with van der Waals surface area (Å²) >= 11 is 6.40. The number of amides is 2. The molecule has 0 saturated carbocycles. The number of nitrogens with zero attached hydrogens (tertiary/aromatic N) is 2.